The lowest BCUT2D eigenvalue weighted by Crippen LogP contribution is -2.55. The average molecular weight is 468 g/mol. The van der Waals surface area contributed by atoms with E-state index in [1.807, 2.05) is 11.8 Å². The maximum atomic E-state index is 12.4. The van der Waals surface area contributed by atoms with Crippen molar-refractivity contribution in [1.29, 1.82) is 0 Å². The maximum Gasteiger partial charge on any atom is 0.307 e. The van der Waals surface area contributed by atoms with Crippen LogP contribution in [-0.2, 0) is 19.1 Å². The second kappa shape index (κ2) is 11.5. The molecule has 0 bridgehead atoms. The van der Waals surface area contributed by atoms with Gasteiger partial charge in [0.05, 0.1) is 20.1 Å². The highest BCUT2D eigenvalue weighted by atomic mass is 127. The van der Waals surface area contributed by atoms with Gasteiger partial charge in [0.1, 0.15) is 6.10 Å². The highest BCUT2D eigenvalue weighted by molar-refractivity contribution is 14.0. The molecule has 0 spiro atoms. The lowest BCUT2D eigenvalue weighted by molar-refractivity contribution is -0.142. The highest BCUT2D eigenvalue weighted by Gasteiger charge is 2.30. The Balaban J connectivity index is 0.00000312. The van der Waals surface area contributed by atoms with Crippen molar-refractivity contribution in [2.45, 2.75) is 32.3 Å². The van der Waals surface area contributed by atoms with Crippen LogP contribution < -0.4 is 5.32 Å². The SMILES string of the molecule is CCNC(=NCCC(=O)OC)N1CCN(C(=O)C2CCCO2)CC1.I. The molecule has 25 heavy (non-hydrogen) atoms. The fourth-order valence-electron chi connectivity index (χ4n) is 2.90. The van der Waals surface area contributed by atoms with Crippen LogP contribution in [-0.4, -0.2) is 86.7 Å². The van der Waals surface area contributed by atoms with Crippen molar-refractivity contribution in [3.63, 3.8) is 0 Å². The van der Waals surface area contributed by atoms with Crippen molar-refractivity contribution < 1.29 is 19.1 Å². The van der Waals surface area contributed by atoms with E-state index in [0.29, 0.717) is 26.2 Å². The van der Waals surface area contributed by atoms with Crippen LogP contribution in [0.25, 0.3) is 0 Å². The van der Waals surface area contributed by atoms with Crippen molar-refractivity contribution in [1.82, 2.24) is 15.1 Å². The van der Waals surface area contributed by atoms with Crippen LogP contribution in [0.15, 0.2) is 4.99 Å². The summed E-state index contributed by atoms with van der Waals surface area (Å²) in [5, 5.41) is 3.24. The lowest BCUT2D eigenvalue weighted by Gasteiger charge is -2.37. The van der Waals surface area contributed by atoms with Crippen molar-refractivity contribution in [2.75, 3.05) is 53.0 Å². The van der Waals surface area contributed by atoms with Gasteiger partial charge in [-0.25, -0.2) is 0 Å². The zero-order chi connectivity index (χ0) is 17.4. The predicted octanol–water partition coefficient (Wildman–Crippen LogP) is 0.456. The molecule has 0 aliphatic carbocycles. The van der Waals surface area contributed by atoms with Gasteiger partial charge in [-0.3, -0.25) is 14.6 Å². The van der Waals surface area contributed by atoms with E-state index in [1.165, 1.54) is 7.11 Å². The van der Waals surface area contributed by atoms with Gasteiger partial charge in [-0.15, -0.1) is 24.0 Å². The molecule has 2 rings (SSSR count). The Kier molecular flexibility index (Phi) is 10.1. The van der Waals surface area contributed by atoms with Gasteiger partial charge in [0.2, 0.25) is 0 Å². The Morgan fingerprint density at radius 2 is 1.92 bits per heavy atom. The number of nitrogens with zero attached hydrogens (tertiary/aromatic N) is 3. The predicted molar refractivity (Wildman–Crippen MR) is 105 cm³/mol. The first-order valence-corrected chi connectivity index (χ1v) is 8.66. The number of hydrogen-bond donors (Lipinski definition) is 1. The summed E-state index contributed by atoms with van der Waals surface area (Å²) in [7, 11) is 1.38. The first-order valence-electron chi connectivity index (χ1n) is 8.66. The summed E-state index contributed by atoms with van der Waals surface area (Å²) in [6, 6.07) is 0. The number of carbonyl (C=O) groups is 2. The molecular formula is C16H29IN4O4. The zero-order valence-corrected chi connectivity index (χ0v) is 17.4. The van der Waals surface area contributed by atoms with Crippen molar-refractivity contribution in [2.24, 2.45) is 4.99 Å². The zero-order valence-electron chi connectivity index (χ0n) is 15.0. The van der Waals surface area contributed by atoms with Gasteiger partial charge in [-0.05, 0) is 19.8 Å². The maximum absolute atomic E-state index is 12.4. The third kappa shape index (κ3) is 6.61. The molecule has 9 heteroatoms. The molecule has 144 valence electrons. The molecule has 2 aliphatic rings. The summed E-state index contributed by atoms with van der Waals surface area (Å²) in [5.74, 6) is 0.631. The molecule has 1 atom stereocenters. The number of piperazine rings is 1. The fraction of sp³-hybridized carbons (Fsp3) is 0.812. The summed E-state index contributed by atoms with van der Waals surface area (Å²) in [6.45, 7) is 6.63. The van der Waals surface area contributed by atoms with E-state index in [9.17, 15) is 9.59 Å². The minimum Gasteiger partial charge on any atom is -0.469 e. The summed E-state index contributed by atoms with van der Waals surface area (Å²) < 4.78 is 10.1. The number of aliphatic imine (C=N–C) groups is 1. The molecular weight excluding hydrogens is 439 g/mol. The van der Waals surface area contributed by atoms with Gasteiger partial charge < -0.3 is 24.6 Å². The minimum atomic E-state index is -0.262. The molecule has 2 aliphatic heterocycles. The Morgan fingerprint density at radius 1 is 1.24 bits per heavy atom. The van der Waals surface area contributed by atoms with Crippen LogP contribution >= 0.6 is 24.0 Å². The molecule has 2 fully saturated rings. The van der Waals surface area contributed by atoms with Gasteiger partial charge >= 0.3 is 5.97 Å². The summed E-state index contributed by atoms with van der Waals surface area (Å²) in [4.78, 5) is 32.0. The third-order valence-electron chi connectivity index (χ3n) is 4.24. The molecule has 0 aromatic heterocycles. The summed E-state index contributed by atoms with van der Waals surface area (Å²) in [5.41, 5.74) is 0. The normalized spacial score (nSPS) is 20.9. The molecule has 1 unspecified atom stereocenters. The molecule has 2 saturated heterocycles. The molecule has 0 saturated carbocycles. The number of carbonyl (C=O) groups excluding carboxylic acids is 2. The van der Waals surface area contributed by atoms with Gasteiger partial charge in [0.25, 0.3) is 5.91 Å². The number of amides is 1. The summed E-state index contributed by atoms with van der Waals surface area (Å²) in [6.07, 6.45) is 1.81. The van der Waals surface area contributed by atoms with Crippen LogP contribution in [0.1, 0.15) is 26.2 Å². The van der Waals surface area contributed by atoms with E-state index in [4.69, 9.17) is 4.74 Å². The van der Waals surface area contributed by atoms with E-state index in [1.54, 1.807) is 0 Å². The van der Waals surface area contributed by atoms with Crippen molar-refractivity contribution in [3.05, 3.63) is 0 Å². The largest absolute Gasteiger partial charge is 0.469 e. The van der Waals surface area contributed by atoms with Gasteiger partial charge in [0, 0.05) is 39.3 Å². The van der Waals surface area contributed by atoms with E-state index in [2.05, 4.69) is 19.9 Å². The van der Waals surface area contributed by atoms with Crippen LogP contribution in [0.5, 0.6) is 0 Å². The number of nitrogens with one attached hydrogen (secondary N) is 1. The standard InChI is InChI=1S/C16H28N4O4.HI/c1-3-17-16(18-7-6-14(21)23-2)20-10-8-19(9-11-20)15(22)13-5-4-12-24-13;/h13H,3-12H2,1-2H3,(H,17,18);1H. The Bertz CT molecular complexity index is 461. The number of ether oxygens (including phenoxy) is 2. The van der Waals surface area contributed by atoms with Crippen molar-refractivity contribution in [3.8, 4) is 0 Å². The number of halogens is 1. The summed E-state index contributed by atoms with van der Waals surface area (Å²) >= 11 is 0. The third-order valence-corrected chi connectivity index (χ3v) is 4.24. The molecule has 1 N–H and O–H groups in total. The molecule has 0 aromatic carbocycles. The molecule has 0 aromatic rings. The Morgan fingerprint density at radius 3 is 2.48 bits per heavy atom. The van der Waals surface area contributed by atoms with E-state index in [-0.39, 0.29) is 48.4 Å². The molecule has 0 radical (unpaired) electrons. The number of hydrogen-bond acceptors (Lipinski definition) is 5. The van der Waals surface area contributed by atoms with Crippen LogP contribution in [0.3, 0.4) is 0 Å². The molecule has 8 nitrogen and oxygen atoms in total. The average Bonchev–Trinajstić information content (AvgIpc) is 3.15. The van der Waals surface area contributed by atoms with Crippen LogP contribution in [0.2, 0.25) is 0 Å². The number of guanidine groups is 1. The molecule has 2 heterocycles. The smallest absolute Gasteiger partial charge is 0.307 e. The number of rotatable bonds is 5. The Hall–Kier alpha value is -1.10. The van der Waals surface area contributed by atoms with Gasteiger partial charge in [0.15, 0.2) is 5.96 Å². The first kappa shape index (κ1) is 21.9. The lowest BCUT2D eigenvalue weighted by atomic mass is 10.2. The second-order valence-corrected chi connectivity index (χ2v) is 5.88. The molecule has 1 amide bonds. The minimum absolute atomic E-state index is 0. The van der Waals surface area contributed by atoms with E-state index < -0.39 is 0 Å². The first-order chi connectivity index (χ1) is 11.7. The van der Waals surface area contributed by atoms with E-state index in [0.717, 1.165) is 38.4 Å². The van der Waals surface area contributed by atoms with Gasteiger partial charge in [-0.1, -0.05) is 0 Å². The quantitative estimate of drug-likeness (QED) is 0.273. The monoisotopic (exact) mass is 468 g/mol. The van der Waals surface area contributed by atoms with Crippen LogP contribution in [0, 0.1) is 0 Å². The Labute approximate surface area is 166 Å². The number of esters is 1. The van der Waals surface area contributed by atoms with Crippen molar-refractivity contribution >= 4 is 41.8 Å². The van der Waals surface area contributed by atoms with Crippen LogP contribution in [0.4, 0.5) is 0 Å². The second-order valence-electron chi connectivity index (χ2n) is 5.88. The van der Waals surface area contributed by atoms with Gasteiger partial charge in [-0.2, -0.15) is 0 Å². The highest BCUT2D eigenvalue weighted by Crippen LogP contribution is 2.16. The fourth-order valence-corrected chi connectivity index (χ4v) is 2.90. The van der Waals surface area contributed by atoms with E-state index >= 15 is 0 Å². The topological polar surface area (TPSA) is 83.5 Å². The number of methoxy groups -OCH3 is 1.